The summed E-state index contributed by atoms with van der Waals surface area (Å²) in [7, 11) is 1.48. The lowest BCUT2D eigenvalue weighted by Crippen LogP contribution is -2.99. The van der Waals surface area contributed by atoms with E-state index in [2.05, 4.69) is 5.32 Å². The van der Waals surface area contributed by atoms with Gasteiger partial charge in [0, 0.05) is 12.7 Å². The molecule has 0 radical (unpaired) electrons. The molecule has 1 aromatic rings. The van der Waals surface area contributed by atoms with Crippen LogP contribution in [-0.4, -0.2) is 54.8 Å². The lowest BCUT2D eigenvalue weighted by molar-refractivity contribution is -0.732. The highest BCUT2D eigenvalue weighted by atomic mass is 16.5. The van der Waals surface area contributed by atoms with Gasteiger partial charge in [0.15, 0.2) is 0 Å². The Morgan fingerprint density at radius 2 is 2.04 bits per heavy atom. The summed E-state index contributed by atoms with van der Waals surface area (Å²) in [5.74, 6) is -3.36. The van der Waals surface area contributed by atoms with E-state index in [-0.39, 0.29) is 31.4 Å². The third-order valence-corrected chi connectivity index (χ3v) is 5.82. The van der Waals surface area contributed by atoms with Crippen molar-refractivity contribution in [2.45, 2.75) is 18.0 Å². The molecule has 2 fully saturated rings. The number of nitrogens with zero attached hydrogens (tertiary/aromatic N) is 1. The second-order valence-corrected chi connectivity index (χ2v) is 7.19. The monoisotopic (exact) mass is 373 g/mol. The predicted octanol–water partition coefficient (Wildman–Crippen LogP) is -2.10. The van der Waals surface area contributed by atoms with Crippen molar-refractivity contribution in [3.63, 3.8) is 0 Å². The zero-order valence-electron chi connectivity index (χ0n) is 14.8. The molecule has 4 amide bonds. The summed E-state index contributed by atoms with van der Waals surface area (Å²) in [5, 5.41) is 4.51. The fourth-order valence-corrected chi connectivity index (χ4v) is 4.80. The van der Waals surface area contributed by atoms with Gasteiger partial charge in [0.1, 0.15) is 17.9 Å². The predicted molar refractivity (Wildman–Crippen MR) is 91.9 cm³/mol. The summed E-state index contributed by atoms with van der Waals surface area (Å²) in [6.45, 7) is 0.320. The Bertz CT molecular complexity index is 856. The van der Waals surface area contributed by atoms with Crippen molar-refractivity contribution in [2.75, 3.05) is 25.6 Å². The van der Waals surface area contributed by atoms with Gasteiger partial charge in [0.05, 0.1) is 25.3 Å². The number of hydrogen-bond acceptors (Lipinski definition) is 5. The standard InChI is InChI=1S/C18H20N4O5/c1-27-7-6-22-15(24)13-11(8-12(19)23)21-18(14(13)16(22)25)9-4-2-3-5-10(9)20-17(18)26/h2-5,11,13-14,21H,6-8H2,1H3,(H2,19,23)(H,20,26)/p+1/t11-,13+,14-,18-/m0/s1. The molecule has 0 aromatic heterocycles. The molecular formula is C18H21N4O5+. The van der Waals surface area contributed by atoms with Crippen LogP contribution in [-0.2, 0) is 29.5 Å². The van der Waals surface area contributed by atoms with Gasteiger partial charge >= 0.3 is 0 Å². The normalized spacial score (nSPS) is 31.4. The average Bonchev–Trinajstić information content (AvgIpc) is 3.19. The van der Waals surface area contributed by atoms with Gasteiger partial charge in [-0.25, -0.2) is 0 Å². The van der Waals surface area contributed by atoms with Crippen LogP contribution in [0, 0.1) is 11.8 Å². The van der Waals surface area contributed by atoms with Gasteiger partial charge in [-0.05, 0) is 6.07 Å². The number of primary amides is 1. The Kier molecular flexibility index (Phi) is 4.01. The first-order valence-corrected chi connectivity index (χ1v) is 8.81. The molecule has 0 aliphatic carbocycles. The molecule has 3 aliphatic rings. The molecule has 3 heterocycles. The van der Waals surface area contributed by atoms with E-state index in [0.29, 0.717) is 11.3 Å². The summed E-state index contributed by atoms with van der Waals surface area (Å²) >= 11 is 0. The number of ether oxygens (including phenoxy) is 1. The zero-order valence-corrected chi connectivity index (χ0v) is 14.8. The third kappa shape index (κ3) is 2.31. The van der Waals surface area contributed by atoms with Crippen molar-refractivity contribution in [1.82, 2.24) is 4.90 Å². The van der Waals surface area contributed by atoms with Crippen molar-refractivity contribution in [3.05, 3.63) is 29.8 Å². The molecular weight excluding hydrogens is 352 g/mol. The number of carbonyl (C=O) groups is 4. The molecule has 4 atom stereocenters. The van der Waals surface area contributed by atoms with Gasteiger partial charge < -0.3 is 21.1 Å². The Morgan fingerprint density at radius 1 is 1.30 bits per heavy atom. The zero-order chi connectivity index (χ0) is 19.3. The molecule has 2 saturated heterocycles. The van der Waals surface area contributed by atoms with E-state index in [0.717, 1.165) is 4.90 Å². The van der Waals surface area contributed by atoms with Crippen molar-refractivity contribution < 1.29 is 29.2 Å². The number of quaternary nitrogens is 1. The van der Waals surface area contributed by atoms with Crippen LogP contribution in [0.1, 0.15) is 12.0 Å². The van der Waals surface area contributed by atoms with E-state index in [9.17, 15) is 19.2 Å². The van der Waals surface area contributed by atoms with Crippen LogP contribution in [0.25, 0.3) is 0 Å². The number of methoxy groups -OCH3 is 1. The number of para-hydroxylation sites is 1. The van der Waals surface area contributed by atoms with E-state index < -0.39 is 35.2 Å². The minimum atomic E-state index is -1.27. The number of rotatable bonds is 5. The number of fused-ring (bicyclic) bond motifs is 4. The number of amides is 4. The number of hydrogen-bond donors (Lipinski definition) is 3. The highest BCUT2D eigenvalue weighted by molar-refractivity contribution is 6.14. The van der Waals surface area contributed by atoms with Crippen LogP contribution < -0.4 is 16.4 Å². The lowest BCUT2D eigenvalue weighted by Gasteiger charge is -2.26. The number of anilines is 1. The van der Waals surface area contributed by atoms with Crippen LogP contribution in [0.3, 0.4) is 0 Å². The molecule has 0 unspecified atom stereocenters. The second-order valence-electron chi connectivity index (χ2n) is 7.19. The number of likely N-dealkylation sites (tertiary alicyclic amines) is 1. The molecule has 3 aliphatic heterocycles. The lowest BCUT2D eigenvalue weighted by atomic mass is 9.76. The molecule has 1 aromatic carbocycles. The number of nitrogens with one attached hydrogen (secondary N) is 1. The Hall–Kier alpha value is -2.78. The maximum Gasteiger partial charge on any atom is 0.291 e. The van der Waals surface area contributed by atoms with Gasteiger partial charge in [0.25, 0.3) is 5.91 Å². The summed E-state index contributed by atoms with van der Waals surface area (Å²) in [6, 6.07) is 6.54. The SMILES string of the molecule is COCCN1C(=O)[C@@H]2[C@H](CC(N)=O)[NH2+][C@]3(C(=O)Nc4ccccc43)[C@@H]2C1=O. The maximum atomic E-state index is 13.2. The highest BCUT2D eigenvalue weighted by Crippen LogP contribution is 2.49. The van der Waals surface area contributed by atoms with Crippen LogP contribution in [0.15, 0.2) is 24.3 Å². The minimum absolute atomic E-state index is 0.0878. The fraction of sp³-hybridized carbons (Fsp3) is 0.444. The van der Waals surface area contributed by atoms with E-state index in [4.69, 9.17) is 10.5 Å². The quantitative estimate of drug-likeness (QED) is 0.508. The second kappa shape index (κ2) is 6.14. The molecule has 0 bridgehead atoms. The van der Waals surface area contributed by atoms with Gasteiger partial charge in [-0.3, -0.25) is 24.1 Å². The van der Waals surface area contributed by atoms with Crippen LogP contribution >= 0.6 is 0 Å². The van der Waals surface area contributed by atoms with E-state index in [1.807, 2.05) is 0 Å². The number of imide groups is 1. The third-order valence-electron chi connectivity index (χ3n) is 5.82. The largest absolute Gasteiger partial charge is 0.383 e. The van der Waals surface area contributed by atoms with Gasteiger partial charge in [-0.15, -0.1) is 0 Å². The van der Waals surface area contributed by atoms with Crippen LogP contribution in [0.2, 0.25) is 0 Å². The number of benzene rings is 1. The molecule has 0 saturated carbocycles. The van der Waals surface area contributed by atoms with Crippen molar-refractivity contribution in [3.8, 4) is 0 Å². The van der Waals surface area contributed by atoms with Crippen LogP contribution in [0.4, 0.5) is 5.69 Å². The molecule has 27 heavy (non-hydrogen) atoms. The Labute approximate surface area is 155 Å². The van der Waals surface area contributed by atoms with Crippen molar-refractivity contribution in [2.24, 2.45) is 17.6 Å². The number of carbonyl (C=O) groups excluding carboxylic acids is 4. The summed E-state index contributed by atoms with van der Waals surface area (Å²) in [4.78, 5) is 52.0. The van der Waals surface area contributed by atoms with E-state index in [1.54, 1.807) is 29.6 Å². The van der Waals surface area contributed by atoms with Gasteiger partial charge in [-0.1, -0.05) is 18.2 Å². The number of nitrogens with two attached hydrogens (primary N) is 2. The summed E-state index contributed by atoms with van der Waals surface area (Å²) in [6.07, 6.45) is -0.0878. The first kappa shape index (κ1) is 17.6. The first-order valence-electron chi connectivity index (χ1n) is 8.81. The van der Waals surface area contributed by atoms with Gasteiger partial charge in [-0.2, -0.15) is 0 Å². The van der Waals surface area contributed by atoms with Crippen molar-refractivity contribution >= 4 is 29.3 Å². The average molecular weight is 373 g/mol. The van der Waals surface area contributed by atoms with E-state index in [1.165, 1.54) is 7.11 Å². The Balaban J connectivity index is 1.83. The molecule has 4 rings (SSSR count). The van der Waals surface area contributed by atoms with Gasteiger partial charge in [0.2, 0.25) is 23.3 Å². The molecule has 9 heteroatoms. The summed E-state index contributed by atoms with van der Waals surface area (Å²) in [5.41, 5.74) is 5.39. The molecule has 142 valence electrons. The molecule has 1 spiro atoms. The smallest absolute Gasteiger partial charge is 0.291 e. The first-order chi connectivity index (χ1) is 12.9. The topological polar surface area (TPSA) is 135 Å². The Morgan fingerprint density at radius 3 is 2.74 bits per heavy atom. The minimum Gasteiger partial charge on any atom is -0.383 e. The fourth-order valence-electron chi connectivity index (χ4n) is 4.80. The maximum absolute atomic E-state index is 13.2. The molecule has 5 N–H and O–H groups in total. The van der Waals surface area contributed by atoms with E-state index >= 15 is 0 Å². The van der Waals surface area contributed by atoms with Crippen LogP contribution in [0.5, 0.6) is 0 Å². The molecule has 9 nitrogen and oxygen atoms in total. The summed E-state index contributed by atoms with van der Waals surface area (Å²) < 4.78 is 5.00. The highest BCUT2D eigenvalue weighted by Gasteiger charge is 2.74. The van der Waals surface area contributed by atoms with Crippen molar-refractivity contribution in [1.29, 1.82) is 0 Å².